The minimum absolute atomic E-state index is 0.0501. The molecule has 2 aromatic carbocycles. The highest BCUT2D eigenvalue weighted by Crippen LogP contribution is 2.40. The molecule has 1 heterocycles. The van der Waals surface area contributed by atoms with Gasteiger partial charge in [-0.15, -0.1) is 11.8 Å². The molecule has 1 atom stereocenters. The van der Waals surface area contributed by atoms with Crippen molar-refractivity contribution in [1.82, 2.24) is 0 Å². The van der Waals surface area contributed by atoms with Crippen LogP contribution in [0.15, 0.2) is 80.8 Å². The molecule has 0 radical (unpaired) electrons. The predicted molar refractivity (Wildman–Crippen MR) is 99.7 cm³/mol. The maximum atomic E-state index is 12.4. The zero-order chi connectivity index (χ0) is 16.9. The van der Waals surface area contributed by atoms with Gasteiger partial charge in [-0.25, -0.2) is 0 Å². The zero-order valence-corrected chi connectivity index (χ0v) is 14.7. The fourth-order valence-electron chi connectivity index (χ4n) is 2.76. The molecule has 0 saturated carbocycles. The third kappa shape index (κ3) is 3.62. The lowest BCUT2D eigenvalue weighted by Gasteiger charge is -2.17. The van der Waals surface area contributed by atoms with E-state index in [-0.39, 0.29) is 10.7 Å². The lowest BCUT2D eigenvalue weighted by Crippen LogP contribution is -2.12. The Balaban J connectivity index is 2.07. The Labute approximate surface area is 146 Å². The molecule has 0 saturated heterocycles. The van der Waals surface area contributed by atoms with Crippen LogP contribution in [0.4, 0.5) is 0 Å². The Morgan fingerprint density at radius 3 is 2.21 bits per heavy atom. The second-order valence-electron chi connectivity index (χ2n) is 5.62. The summed E-state index contributed by atoms with van der Waals surface area (Å²) in [6.45, 7) is 3.85. The van der Waals surface area contributed by atoms with Crippen molar-refractivity contribution in [2.45, 2.75) is 30.4 Å². The van der Waals surface area contributed by atoms with E-state index in [1.165, 1.54) is 0 Å². The van der Waals surface area contributed by atoms with Gasteiger partial charge in [0.25, 0.3) is 0 Å². The molecule has 1 unspecified atom stereocenters. The molecule has 0 amide bonds. The average molecular weight is 336 g/mol. The molecule has 0 aliphatic heterocycles. The highest BCUT2D eigenvalue weighted by atomic mass is 32.2. The normalized spacial score (nSPS) is 12.1. The first-order valence-corrected chi connectivity index (χ1v) is 8.97. The first kappa shape index (κ1) is 16.6. The highest BCUT2D eigenvalue weighted by molar-refractivity contribution is 7.99. The third-order valence-corrected chi connectivity index (χ3v) is 5.26. The molecule has 0 fully saturated rings. The van der Waals surface area contributed by atoms with E-state index in [1.54, 1.807) is 17.8 Å². The Bertz CT molecular complexity index is 854. The molecular formula is C21H20O2S. The van der Waals surface area contributed by atoms with Crippen molar-refractivity contribution in [2.75, 3.05) is 0 Å². The third-order valence-electron chi connectivity index (χ3n) is 3.98. The van der Waals surface area contributed by atoms with E-state index in [0.29, 0.717) is 12.2 Å². The van der Waals surface area contributed by atoms with Crippen molar-refractivity contribution >= 4 is 11.8 Å². The van der Waals surface area contributed by atoms with Gasteiger partial charge in [-0.05, 0) is 31.0 Å². The van der Waals surface area contributed by atoms with Crippen molar-refractivity contribution in [2.24, 2.45) is 0 Å². The summed E-state index contributed by atoms with van der Waals surface area (Å²) in [5.74, 6) is 1.42. The first-order chi connectivity index (χ1) is 11.7. The van der Waals surface area contributed by atoms with Gasteiger partial charge in [0, 0.05) is 16.5 Å². The predicted octanol–water partition coefficient (Wildman–Crippen LogP) is 5.39. The molecule has 3 rings (SSSR count). The topological polar surface area (TPSA) is 30.2 Å². The fraction of sp³-hybridized carbons (Fsp3) is 0.190. The van der Waals surface area contributed by atoms with Crippen LogP contribution < -0.4 is 5.43 Å². The summed E-state index contributed by atoms with van der Waals surface area (Å²) < 4.78 is 6.05. The van der Waals surface area contributed by atoms with Crippen LogP contribution in [-0.4, -0.2) is 0 Å². The summed E-state index contributed by atoms with van der Waals surface area (Å²) in [6, 6.07) is 22.0. The van der Waals surface area contributed by atoms with Gasteiger partial charge in [0.2, 0.25) is 0 Å². The lowest BCUT2D eigenvalue weighted by atomic mass is 10.1. The minimum atomic E-state index is -0.0501. The number of thioether (sulfide) groups is 1. The Morgan fingerprint density at radius 1 is 1.00 bits per heavy atom. The van der Waals surface area contributed by atoms with E-state index in [4.69, 9.17) is 4.42 Å². The van der Waals surface area contributed by atoms with E-state index in [2.05, 4.69) is 24.3 Å². The van der Waals surface area contributed by atoms with Crippen LogP contribution >= 0.6 is 11.8 Å². The summed E-state index contributed by atoms with van der Waals surface area (Å²) in [4.78, 5) is 13.6. The van der Waals surface area contributed by atoms with Gasteiger partial charge in [-0.2, -0.15) is 0 Å². The molecule has 3 heteroatoms. The molecule has 0 spiro atoms. The molecule has 2 nitrogen and oxygen atoms in total. The van der Waals surface area contributed by atoms with Gasteiger partial charge in [0.15, 0.2) is 5.43 Å². The molecule has 0 N–H and O–H groups in total. The van der Waals surface area contributed by atoms with Crippen LogP contribution in [0.25, 0.3) is 0 Å². The van der Waals surface area contributed by atoms with Gasteiger partial charge < -0.3 is 4.42 Å². The molecule has 3 aromatic rings. The Hall–Kier alpha value is -2.26. The Morgan fingerprint density at radius 2 is 1.62 bits per heavy atom. The van der Waals surface area contributed by atoms with E-state index in [0.717, 1.165) is 21.8 Å². The van der Waals surface area contributed by atoms with Crippen molar-refractivity contribution < 1.29 is 4.42 Å². The maximum absolute atomic E-state index is 12.4. The zero-order valence-electron chi connectivity index (χ0n) is 13.9. The van der Waals surface area contributed by atoms with E-state index < -0.39 is 0 Å². The minimum Gasteiger partial charge on any atom is -0.464 e. The van der Waals surface area contributed by atoms with Crippen LogP contribution in [0.1, 0.15) is 34.8 Å². The molecule has 0 aliphatic carbocycles. The van der Waals surface area contributed by atoms with Gasteiger partial charge >= 0.3 is 0 Å². The summed E-state index contributed by atoms with van der Waals surface area (Å²) in [5, 5.41) is -0.0501. The number of hydrogen-bond donors (Lipinski definition) is 0. The molecule has 0 aliphatic rings. The number of benzene rings is 2. The van der Waals surface area contributed by atoms with Gasteiger partial charge in [-0.1, -0.05) is 55.5 Å². The molecule has 122 valence electrons. The van der Waals surface area contributed by atoms with Gasteiger partial charge in [-0.3, -0.25) is 4.79 Å². The lowest BCUT2D eigenvalue weighted by molar-refractivity contribution is 0.463. The van der Waals surface area contributed by atoms with Gasteiger partial charge in [0.1, 0.15) is 11.5 Å². The summed E-state index contributed by atoms with van der Waals surface area (Å²) in [6.07, 6.45) is 0.691. The van der Waals surface area contributed by atoms with Gasteiger partial charge in [0.05, 0.1) is 5.25 Å². The smallest absolute Gasteiger partial charge is 0.188 e. The van der Waals surface area contributed by atoms with Crippen molar-refractivity contribution in [3.63, 3.8) is 0 Å². The molecule has 0 bridgehead atoms. The fourth-order valence-corrected chi connectivity index (χ4v) is 3.88. The maximum Gasteiger partial charge on any atom is 0.188 e. The van der Waals surface area contributed by atoms with E-state index >= 15 is 0 Å². The summed E-state index contributed by atoms with van der Waals surface area (Å²) in [5.41, 5.74) is 1.94. The number of hydrogen-bond acceptors (Lipinski definition) is 3. The number of aryl methyl sites for hydroxylation is 1. The van der Waals surface area contributed by atoms with Crippen molar-refractivity contribution in [1.29, 1.82) is 0 Å². The van der Waals surface area contributed by atoms with Crippen LogP contribution in [0.5, 0.6) is 0 Å². The average Bonchev–Trinajstić information content (AvgIpc) is 2.61. The summed E-state index contributed by atoms with van der Waals surface area (Å²) in [7, 11) is 0. The monoisotopic (exact) mass is 336 g/mol. The van der Waals surface area contributed by atoms with Crippen LogP contribution in [0.2, 0.25) is 0 Å². The first-order valence-electron chi connectivity index (χ1n) is 8.09. The standard InChI is InChI=1S/C21H20O2S/c1-3-18-15(2)23-20(14-19(18)22)21(16-10-6-4-7-11-16)24-17-12-8-5-9-13-17/h4-14,21H,3H2,1-2H3. The molecular weight excluding hydrogens is 316 g/mol. The largest absolute Gasteiger partial charge is 0.464 e. The van der Waals surface area contributed by atoms with Crippen molar-refractivity contribution in [3.05, 3.63) is 99.6 Å². The van der Waals surface area contributed by atoms with E-state index in [1.807, 2.05) is 50.2 Å². The second-order valence-corrected chi connectivity index (χ2v) is 6.80. The van der Waals surface area contributed by atoms with Crippen molar-refractivity contribution in [3.8, 4) is 0 Å². The molecule has 24 heavy (non-hydrogen) atoms. The highest BCUT2D eigenvalue weighted by Gasteiger charge is 2.20. The van der Waals surface area contributed by atoms with Crippen LogP contribution in [0.3, 0.4) is 0 Å². The van der Waals surface area contributed by atoms with Crippen LogP contribution in [-0.2, 0) is 6.42 Å². The van der Waals surface area contributed by atoms with Crippen LogP contribution in [0, 0.1) is 6.92 Å². The number of rotatable bonds is 5. The Kier molecular flexibility index (Phi) is 5.21. The van der Waals surface area contributed by atoms with E-state index in [9.17, 15) is 4.79 Å². The molecule has 1 aromatic heterocycles. The quantitative estimate of drug-likeness (QED) is 0.585. The SMILES string of the molecule is CCc1c(C)oc(C(Sc2ccccc2)c2ccccc2)cc1=O. The summed E-state index contributed by atoms with van der Waals surface area (Å²) >= 11 is 1.69. The second kappa shape index (κ2) is 7.54.